The molecule has 1 atom stereocenters. The summed E-state index contributed by atoms with van der Waals surface area (Å²) in [5.74, 6) is 0.678. The molecule has 0 spiro atoms. The molecule has 1 amide bonds. The molecule has 0 N–H and O–H groups in total. The highest BCUT2D eigenvalue weighted by Gasteiger charge is 2.22. The number of likely N-dealkylation sites (tertiary alicyclic amines) is 1. The van der Waals surface area contributed by atoms with E-state index in [4.69, 9.17) is 0 Å². The molecule has 0 aromatic carbocycles. The summed E-state index contributed by atoms with van der Waals surface area (Å²) >= 11 is 0. The Morgan fingerprint density at radius 1 is 1.32 bits per heavy atom. The van der Waals surface area contributed by atoms with E-state index >= 15 is 0 Å². The van der Waals surface area contributed by atoms with Crippen molar-refractivity contribution in [3.8, 4) is 0 Å². The molecule has 1 unspecified atom stereocenters. The van der Waals surface area contributed by atoms with E-state index in [0.717, 1.165) is 51.1 Å². The van der Waals surface area contributed by atoms with Crippen LogP contribution in [-0.4, -0.2) is 42.0 Å². The van der Waals surface area contributed by atoms with E-state index < -0.39 is 0 Å². The van der Waals surface area contributed by atoms with Gasteiger partial charge < -0.3 is 9.80 Å². The van der Waals surface area contributed by atoms with Crippen molar-refractivity contribution in [1.82, 2.24) is 9.88 Å². The van der Waals surface area contributed by atoms with E-state index in [1.807, 2.05) is 23.2 Å². The predicted molar refractivity (Wildman–Crippen MR) is 91.3 cm³/mol. The van der Waals surface area contributed by atoms with Crippen LogP contribution in [0.25, 0.3) is 0 Å². The van der Waals surface area contributed by atoms with Crippen LogP contribution in [0.5, 0.6) is 0 Å². The van der Waals surface area contributed by atoms with Crippen molar-refractivity contribution in [3.05, 3.63) is 24.0 Å². The second kappa shape index (κ2) is 8.16. The number of anilines is 1. The van der Waals surface area contributed by atoms with E-state index in [-0.39, 0.29) is 5.91 Å². The number of nitrogens with zero attached hydrogens (tertiary/aromatic N) is 3. The molecule has 0 bridgehead atoms. The molecule has 1 fully saturated rings. The molecule has 1 aliphatic heterocycles. The molecule has 1 saturated heterocycles. The summed E-state index contributed by atoms with van der Waals surface area (Å²) in [6.07, 6.45) is 6.41. The lowest BCUT2D eigenvalue weighted by Gasteiger charge is -2.30. The first-order valence-corrected chi connectivity index (χ1v) is 8.66. The summed E-state index contributed by atoms with van der Waals surface area (Å²) in [6.45, 7) is 10.4. The zero-order valence-electron chi connectivity index (χ0n) is 14.2. The first-order chi connectivity index (χ1) is 10.7. The molecule has 0 aliphatic carbocycles. The SMILES string of the molecule is CCCN(CCC)c1ccc(C(=O)N2CCCC(C)C2)nc1. The first kappa shape index (κ1) is 16.8. The van der Waals surface area contributed by atoms with Crippen LogP contribution < -0.4 is 4.90 Å². The van der Waals surface area contributed by atoms with Crippen LogP contribution in [0.2, 0.25) is 0 Å². The fraction of sp³-hybridized carbons (Fsp3) is 0.667. The van der Waals surface area contributed by atoms with E-state index in [1.165, 1.54) is 6.42 Å². The largest absolute Gasteiger partial charge is 0.370 e. The van der Waals surface area contributed by atoms with Crippen molar-refractivity contribution in [2.45, 2.75) is 46.5 Å². The van der Waals surface area contributed by atoms with Gasteiger partial charge in [0, 0.05) is 26.2 Å². The van der Waals surface area contributed by atoms with Gasteiger partial charge in [-0.05, 0) is 43.7 Å². The average Bonchev–Trinajstić information content (AvgIpc) is 2.54. The van der Waals surface area contributed by atoms with Gasteiger partial charge in [-0.15, -0.1) is 0 Å². The van der Waals surface area contributed by atoms with E-state index in [1.54, 1.807) is 0 Å². The number of carbonyl (C=O) groups is 1. The van der Waals surface area contributed by atoms with Crippen molar-refractivity contribution in [2.75, 3.05) is 31.1 Å². The zero-order valence-corrected chi connectivity index (χ0v) is 14.2. The minimum atomic E-state index is 0.0793. The van der Waals surface area contributed by atoms with Crippen molar-refractivity contribution >= 4 is 11.6 Å². The van der Waals surface area contributed by atoms with Crippen LogP contribution in [0.15, 0.2) is 18.3 Å². The number of hydrogen-bond acceptors (Lipinski definition) is 3. The highest BCUT2D eigenvalue weighted by Crippen LogP contribution is 2.19. The third-order valence-electron chi connectivity index (χ3n) is 4.26. The number of amides is 1. The van der Waals surface area contributed by atoms with Crippen molar-refractivity contribution < 1.29 is 4.79 Å². The number of hydrogen-bond donors (Lipinski definition) is 0. The molecule has 1 aliphatic rings. The lowest BCUT2D eigenvalue weighted by atomic mass is 10.00. The molecular formula is C18H29N3O. The molecule has 4 nitrogen and oxygen atoms in total. The van der Waals surface area contributed by atoms with Crippen LogP contribution in [0.3, 0.4) is 0 Å². The second-order valence-electron chi connectivity index (χ2n) is 6.39. The van der Waals surface area contributed by atoms with Gasteiger partial charge in [0.25, 0.3) is 5.91 Å². The van der Waals surface area contributed by atoms with Crippen molar-refractivity contribution in [3.63, 3.8) is 0 Å². The molecule has 22 heavy (non-hydrogen) atoms. The van der Waals surface area contributed by atoms with Gasteiger partial charge in [0.05, 0.1) is 11.9 Å². The number of pyridine rings is 1. The van der Waals surface area contributed by atoms with Gasteiger partial charge in [0.2, 0.25) is 0 Å². The van der Waals surface area contributed by atoms with Crippen LogP contribution in [0.1, 0.15) is 56.9 Å². The zero-order chi connectivity index (χ0) is 15.9. The minimum Gasteiger partial charge on any atom is -0.370 e. The van der Waals surface area contributed by atoms with E-state index in [2.05, 4.69) is 30.7 Å². The van der Waals surface area contributed by atoms with Gasteiger partial charge in [0.15, 0.2) is 0 Å². The maximum atomic E-state index is 12.5. The number of piperidine rings is 1. The number of carbonyl (C=O) groups excluding carboxylic acids is 1. The maximum Gasteiger partial charge on any atom is 0.272 e. The standard InChI is InChI=1S/C18H29N3O/c1-4-10-20(11-5-2)16-8-9-17(19-13-16)18(22)21-12-6-7-15(3)14-21/h8-9,13,15H,4-7,10-12,14H2,1-3H3. The summed E-state index contributed by atoms with van der Waals surface area (Å²) < 4.78 is 0. The Balaban J connectivity index is 2.05. The first-order valence-electron chi connectivity index (χ1n) is 8.66. The van der Waals surface area contributed by atoms with Crippen LogP contribution in [-0.2, 0) is 0 Å². The summed E-state index contributed by atoms with van der Waals surface area (Å²) in [4.78, 5) is 21.2. The Morgan fingerprint density at radius 2 is 2.05 bits per heavy atom. The van der Waals surface area contributed by atoms with E-state index in [0.29, 0.717) is 11.6 Å². The fourth-order valence-corrected chi connectivity index (χ4v) is 3.15. The van der Waals surface area contributed by atoms with Crippen LogP contribution in [0, 0.1) is 5.92 Å². The molecule has 1 aromatic heterocycles. The second-order valence-corrected chi connectivity index (χ2v) is 6.39. The predicted octanol–water partition coefficient (Wildman–Crippen LogP) is 3.58. The molecule has 1 aromatic rings. The van der Waals surface area contributed by atoms with Crippen molar-refractivity contribution in [1.29, 1.82) is 0 Å². The summed E-state index contributed by atoms with van der Waals surface area (Å²) in [5, 5.41) is 0. The number of rotatable bonds is 6. The van der Waals surface area contributed by atoms with Crippen LogP contribution in [0.4, 0.5) is 5.69 Å². The highest BCUT2D eigenvalue weighted by molar-refractivity contribution is 5.92. The molecule has 0 saturated carbocycles. The van der Waals surface area contributed by atoms with Gasteiger partial charge in [-0.25, -0.2) is 4.98 Å². The van der Waals surface area contributed by atoms with Gasteiger partial charge in [-0.3, -0.25) is 4.79 Å². The highest BCUT2D eigenvalue weighted by atomic mass is 16.2. The third-order valence-corrected chi connectivity index (χ3v) is 4.26. The molecular weight excluding hydrogens is 274 g/mol. The maximum absolute atomic E-state index is 12.5. The van der Waals surface area contributed by atoms with Crippen LogP contribution >= 0.6 is 0 Å². The van der Waals surface area contributed by atoms with Gasteiger partial charge >= 0.3 is 0 Å². The Morgan fingerprint density at radius 3 is 2.59 bits per heavy atom. The van der Waals surface area contributed by atoms with Gasteiger partial charge in [0.1, 0.15) is 5.69 Å². The Hall–Kier alpha value is -1.58. The third kappa shape index (κ3) is 4.21. The smallest absolute Gasteiger partial charge is 0.272 e. The normalized spacial score (nSPS) is 18.3. The minimum absolute atomic E-state index is 0.0793. The lowest BCUT2D eigenvalue weighted by Crippen LogP contribution is -2.39. The Kier molecular flexibility index (Phi) is 6.22. The molecule has 122 valence electrons. The average molecular weight is 303 g/mol. The summed E-state index contributed by atoms with van der Waals surface area (Å²) in [6, 6.07) is 3.92. The Bertz CT molecular complexity index is 466. The van der Waals surface area contributed by atoms with Gasteiger partial charge in [-0.1, -0.05) is 20.8 Å². The quantitative estimate of drug-likeness (QED) is 0.806. The van der Waals surface area contributed by atoms with Gasteiger partial charge in [-0.2, -0.15) is 0 Å². The molecule has 4 heteroatoms. The monoisotopic (exact) mass is 303 g/mol. The topological polar surface area (TPSA) is 36.4 Å². The molecule has 2 heterocycles. The Labute approximate surface area is 134 Å². The lowest BCUT2D eigenvalue weighted by molar-refractivity contribution is 0.0677. The number of aromatic nitrogens is 1. The summed E-state index contributed by atoms with van der Waals surface area (Å²) in [7, 11) is 0. The van der Waals surface area contributed by atoms with E-state index in [9.17, 15) is 4.79 Å². The van der Waals surface area contributed by atoms with Crippen molar-refractivity contribution in [2.24, 2.45) is 5.92 Å². The fourth-order valence-electron chi connectivity index (χ4n) is 3.15. The summed E-state index contributed by atoms with van der Waals surface area (Å²) in [5.41, 5.74) is 1.69. The molecule has 2 rings (SSSR count). The molecule has 0 radical (unpaired) electrons.